The van der Waals surface area contributed by atoms with Gasteiger partial charge in [-0.1, -0.05) is 0 Å². The summed E-state index contributed by atoms with van der Waals surface area (Å²) in [6.45, 7) is 1.56. The van der Waals surface area contributed by atoms with Crippen molar-refractivity contribution in [3.05, 3.63) is 42.0 Å². The van der Waals surface area contributed by atoms with Crippen molar-refractivity contribution >= 4 is 11.8 Å². The molecule has 0 saturated heterocycles. The molecule has 0 heterocycles. The lowest BCUT2D eigenvalue weighted by Crippen LogP contribution is -2.47. The maximum atomic E-state index is 12.4. The lowest BCUT2D eigenvalue weighted by molar-refractivity contribution is -0.128. The largest absolute Gasteiger partial charge is 0.497 e. The van der Waals surface area contributed by atoms with Crippen LogP contribution >= 0.6 is 0 Å². The van der Waals surface area contributed by atoms with E-state index in [9.17, 15) is 9.59 Å². The number of hydrogen-bond acceptors (Lipinski definition) is 7. The minimum absolute atomic E-state index is 0.212. The molecule has 9 nitrogen and oxygen atoms in total. The molecule has 2 amide bonds. The van der Waals surface area contributed by atoms with Crippen LogP contribution in [0.2, 0.25) is 0 Å². The van der Waals surface area contributed by atoms with Crippen LogP contribution in [0.15, 0.2) is 36.4 Å². The van der Waals surface area contributed by atoms with Gasteiger partial charge in [-0.25, -0.2) is 0 Å². The van der Waals surface area contributed by atoms with Crippen LogP contribution in [-0.2, 0) is 4.79 Å². The Bertz CT molecular complexity index is 827. The number of rotatable bonds is 8. The van der Waals surface area contributed by atoms with Crippen molar-refractivity contribution in [1.82, 2.24) is 10.9 Å². The minimum atomic E-state index is -0.844. The zero-order valence-corrected chi connectivity index (χ0v) is 16.9. The zero-order chi connectivity index (χ0) is 21.4. The molecule has 0 radical (unpaired) electrons. The fourth-order valence-electron chi connectivity index (χ4n) is 2.42. The molecule has 0 aliphatic rings. The van der Waals surface area contributed by atoms with Gasteiger partial charge in [0.05, 0.1) is 28.4 Å². The van der Waals surface area contributed by atoms with E-state index in [1.165, 1.54) is 33.5 Å². The number of hydrazine groups is 1. The summed E-state index contributed by atoms with van der Waals surface area (Å²) in [6.07, 6.45) is -0.844. The molecule has 2 N–H and O–H groups in total. The first-order valence-electron chi connectivity index (χ1n) is 8.64. The van der Waals surface area contributed by atoms with Gasteiger partial charge in [0.2, 0.25) is 5.75 Å². The molecular weight excluding hydrogens is 380 g/mol. The number of carbonyl (C=O) groups excluding carboxylic acids is 2. The predicted octanol–water partition coefficient (Wildman–Crippen LogP) is 1.95. The molecule has 2 rings (SSSR count). The van der Waals surface area contributed by atoms with Gasteiger partial charge in [-0.2, -0.15) is 0 Å². The molecule has 0 saturated carbocycles. The molecule has 156 valence electrons. The van der Waals surface area contributed by atoms with Crippen molar-refractivity contribution in [1.29, 1.82) is 0 Å². The van der Waals surface area contributed by atoms with E-state index in [0.717, 1.165) is 0 Å². The fraction of sp³-hybridized carbons (Fsp3) is 0.300. The van der Waals surface area contributed by atoms with E-state index in [2.05, 4.69) is 10.9 Å². The summed E-state index contributed by atoms with van der Waals surface area (Å²) >= 11 is 0. The monoisotopic (exact) mass is 404 g/mol. The highest BCUT2D eigenvalue weighted by molar-refractivity contribution is 5.97. The summed E-state index contributed by atoms with van der Waals surface area (Å²) in [6, 6.07) is 9.73. The maximum Gasteiger partial charge on any atom is 0.279 e. The Morgan fingerprint density at radius 3 is 1.83 bits per heavy atom. The SMILES string of the molecule is COc1ccc(OC(C)C(=O)NNC(=O)c2cc(OC)c(OC)c(OC)c2)cc1. The van der Waals surface area contributed by atoms with E-state index in [4.69, 9.17) is 23.7 Å². The molecule has 1 unspecified atom stereocenters. The van der Waals surface area contributed by atoms with Crippen molar-refractivity contribution in [2.45, 2.75) is 13.0 Å². The summed E-state index contributed by atoms with van der Waals surface area (Å²) in [4.78, 5) is 24.6. The summed E-state index contributed by atoms with van der Waals surface area (Å²) in [7, 11) is 5.91. The molecule has 29 heavy (non-hydrogen) atoms. The number of methoxy groups -OCH3 is 4. The summed E-state index contributed by atoms with van der Waals surface area (Å²) in [5, 5.41) is 0. The normalized spacial score (nSPS) is 11.1. The van der Waals surface area contributed by atoms with Crippen LogP contribution in [-0.4, -0.2) is 46.4 Å². The van der Waals surface area contributed by atoms with Gasteiger partial charge in [0.1, 0.15) is 11.5 Å². The van der Waals surface area contributed by atoms with Gasteiger partial charge in [-0.3, -0.25) is 20.4 Å². The Morgan fingerprint density at radius 2 is 1.34 bits per heavy atom. The lowest BCUT2D eigenvalue weighted by Gasteiger charge is -2.16. The quantitative estimate of drug-likeness (QED) is 0.648. The number of nitrogens with one attached hydrogen (secondary N) is 2. The number of ether oxygens (including phenoxy) is 5. The first-order chi connectivity index (χ1) is 13.9. The minimum Gasteiger partial charge on any atom is -0.497 e. The number of carbonyl (C=O) groups is 2. The van der Waals surface area contributed by atoms with Crippen molar-refractivity contribution in [3.8, 4) is 28.7 Å². The molecule has 2 aromatic carbocycles. The third-order valence-electron chi connectivity index (χ3n) is 3.97. The molecule has 0 aromatic heterocycles. The van der Waals surface area contributed by atoms with E-state index >= 15 is 0 Å². The molecule has 1 atom stereocenters. The highest BCUT2D eigenvalue weighted by atomic mass is 16.5. The Morgan fingerprint density at radius 1 is 0.793 bits per heavy atom. The Labute approximate surface area is 168 Å². The second kappa shape index (κ2) is 10.1. The first-order valence-corrected chi connectivity index (χ1v) is 8.64. The van der Waals surface area contributed by atoms with Crippen LogP contribution in [0.1, 0.15) is 17.3 Å². The van der Waals surface area contributed by atoms with Crippen molar-refractivity contribution in [2.24, 2.45) is 0 Å². The predicted molar refractivity (Wildman–Crippen MR) is 105 cm³/mol. The highest BCUT2D eigenvalue weighted by Gasteiger charge is 2.19. The number of hydrogen-bond donors (Lipinski definition) is 2. The fourth-order valence-corrected chi connectivity index (χ4v) is 2.42. The second-order valence-corrected chi connectivity index (χ2v) is 5.79. The topological polar surface area (TPSA) is 104 Å². The molecule has 0 aliphatic carbocycles. The second-order valence-electron chi connectivity index (χ2n) is 5.79. The average Bonchev–Trinajstić information content (AvgIpc) is 2.76. The van der Waals surface area contributed by atoms with Gasteiger partial charge in [-0.05, 0) is 43.3 Å². The number of amides is 2. The summed E-state index contributed by atoms with van der Waals surface area (Å²) in [5.74, 6) is 1.07. The first kappa shape index (κ1) is 21.7. The van der Waals surface area contributed by atoms with Crippen molar-refractivity contribution in [3.63, 3.8) is 0 Å². The van der Waals surface area contributed by atoms with Gasteiger partial charge < -0.3 is 23.7 Å². The van der Waals surface area contributed by atoms with Crippen LogP contribution in [0.4, 0.5) is 0 Å². The highest BCUT2D eigenvalue weighted by Crippen LogP contribution is 2.38. The van der Waals surface area contributed by atoms with E-state index in [0.29, 0.717) is 28.7 Å². The van der Waals surface area contributed by atoms with Crippen LogP contribution in [0.5, 0.6) is 28.7 Å². The molecule has 0 fully saturated rings. The van der Waals surface area contributed by atoms with E-state index in [-0.39, 0.29) is 5.56 Å². The van der Waals surface area contributed by atoms with Crippen LogP contribution in [0, 0.1) is 0 Å². The molecule has 0 bridgehead atoms. The molecule has 0 aliphatic heterocycles. The van der Waals surface area contributed by atoms with Crippen LogP contribution in [0.25, 0.3) is 0 Å². The zero-order valence-electron chi connectivity index (χ0n) is 16.9. The van der Waals surface area contributed by atoms with E-state index < -0.39 is 17.9 Å². The molecule has 9 heteroatoms. The van der Waals surface area contributed by atoms with E-state index in [1.54, 1.807) is 38.3 Å². The Kier molecular flexibility index (Phi) is 7.53. The smallest absolute Gasteiger partial charge is 0.279 e. The number of benzene rings is 2. The van der Waals surface area contributed by atoms with Gasteiger partial charge in [0, 0.05) is 5.56 Å². The third kappa shape index (κ3) is 5.44. The van der Waals surface area contributed by atoms with Gasteiger partial charge >= 0.3 is 0 Å². The summed E-state index contributed by atoms with van der Waals surface area (Å²) < 4.78 is 26.3. The Hall–Kier alpha value is -3.62. The standard InChI is InChI=1S/C20H24N2O7/c1-12(29-15-8-6-14(25-2)7-9-15)19(23)21-22-20(24)13-10-16(26-3)18(28-5)17(11-13)27-4/h6-12H,1-5H3,(H,21,23)(H,22,24). The van der Waals surface area contributed by atoms with Gasteiger partial charge in [0.25, 0.3) is 11.8 Å². The van der Waals surface area contributed by atoms with E-state index in [1.807, 2.05) is 0 Å². The van der Waals surface area contributed by atoms with Crippen LogP contribution in [0.3, 0.4) is 0 Å². The molecular formula is C20H24N2O7. The lowest BCUT2D eigenvalue weighted by atomic mass is 10.1. The third-order valence-corrected chi connectivity index (χ3v) is 3.97. The maximum absolute atomic E-state index is 12.4. The molecule has 0 spiro atoms. The van der Waals surface area contributed by atoms with Gasteiger partial charge in [-0.15, -0.1) is 0 Å². The van der Waals surface area contributed by atoms with Crippen LogP contribution < -0.4 is 34.5 Å². The van der Waals surface area contributed by atoms with Crippen molar-refractivity contribution in [2.75, 3.05) is 28.4 Å². The summed E-state index contributed by atoms with van der Waals surface area (Å²) in [5.41, 5.74) is 4.87. The van der Waals surface area contributed by atoms with Crippen molar-refractivity contribution < 1.29 is 33.3 Å². The molecule has 2 aromatic rings. The average molecular weight is 404 g/mol. The Balaban J connectivity index is 1.99. The van der Waals surface area contributed by atoms with Gasteiger partial charge in [0.15, 0.2) is 17.6 Å².